The van der Waals surface area contributed by atoms with Gasteiger partial charge in [0.15, 0.2) is 5.69 Å². The SMILES string of the molecule is C=CC(=O)Nc1ccccc1/C=C/c1ccc(NC)c(C(=O)NC2CCN(C)CC2)n1. The first-order chi connectivity index (χ1) is 15.0. The zero-order valence-electron chi connectivity index (χ0n) is 18.0. The Morgan fingerprint density at radius 2 is 1.84 bits per heavy atom. The van der Waals surface area contributed by atoms with Crippen LogP contribution in [0.3, 0.4) is 0 Å². The van der Waals surface area contributed by atoms with Crippen LogP contribution in [0.15, 0.2) is 49.1 Å². The number of pyridine rings is 1. The second-order valence-corrected chi connectivity index (χ2v) is 7.55. The molecule has 0 saturated carbocycles. The van der Waals surface area contributed by atoms with Crippen molar-refractivity contribution in [3.63, 3.8) is 0 Å². The average Bonchev–Trinajstić information content (AvgIpc) is 2.79. The lowest BCUT2D eigenvalue weighted by Crippen LogP contribution is -2.43. The minimum atomic E-state index is -0.273. The summed E-state index contributed by atoms with van der Waals surface area (Å²) in [4.78, 5) is 31.4. The van der Waals surface area contributed by atoms with E-state index in [0.29, 0.717) is 22.8 Å². The van der Waals surface area contributed by atoms with E-state index in [9.17, 15) is 9.59 Å². The molecular weight excluding hydrogens is 390 g/mol. The van der Waals surface area contributed by atoms with Gasteiger partial charge in [0.05, 0.1) is 11.4 Å². The number of aromatic nitrogens is 1. The zero-order valence-corrected chi connectivity index (χ0v) is 18.0. The number of hydrogen-bond acceptors (Lipinski definition) is 5. The van der Waals surface area contributed by atoms with E-state index in [1.807, 2.05) is 48.6 Å². The Balaban J connectivity index is 1.78. The van der Waals surface area contributed by atoms with E-state index < -0.39 is 0 Å². The first-order valence-electron chi connectivity index (χ1n) is 10.4. The third-order valence-electron chi connectivity index (χ3n) is 5.29. The van der Waals surface area contributed by atoms with E-state index in [2.05, 4.69) is 39.5 Å². The molecular formula is C24H29N5O2. The molecule has 1 aliphatic rings. The van der Waals surface area contributed by atoms with Gasteiger partial charge in [-0.2, -0.15) is 0 Å². The molecule has 1 aromatic carbocycles. The number of rotatable bonds is 7. The second kappa shape index (κ2) is 10.5. The first-order valence-corrected chi connectivity index (χ1v) is 10.4. The van der Waals surface area contributed by atoms with Crippen LogP contribution in [0.25, 0.3) is 12.2 Å². The van der Waals surface area contributed by atoms with Crippen molar-refractivity contribution >= 4 is 35.3 Å². The number of carbonyl (C=O) groups excluding carboxylic acids is 2. The van der Waals surface area contributed by atoms with Gasteiger partial charge in [0, 0.05) is 18.8 Å². The topological polar surface area (TPSA) is 86.4 Å². The van der Waals surface area contributed by atoms with Crippen LogP contribution in [-0.2, 0) is 4.79 Å². The van der Waals surface area contributed by atoms with Crippen molar-refractivity contribution in [2.24, 2.45) is 0 Å². The molecule has 7 heteroatoms. The van der Waals surface area contributed by atoms with Crippen LogP contribution < -0.4 is 16.0 Å². The molecule has 0 unspecified atom stereocenters. The minimum Gasteiger partial charge on any atom is -0.386 e. The molecule has 2 aromatic rings. The monoisotopic (exact) mass is 419 g/mol. The fourth-order valence-electron chi connectivity index (χ4n) is 3.46. The molecule has 2 heterocycles. The van der Waals surface area contributed by atoms with Gasteiger partial charge in [-0.3, -0.25) is 9.59 Å². The van der Waals surface area contributed by atoms with E-state index in [-0.39, 0.29) is 17.9 Å². The zero-order chi connectivity index (χ0) is 22.2. The maximum Gasteiger partial charge on any atom is 0.272 e. The van der Waals surface area contributed by atoms with E-state index in [1.165, 1.54) is 6.08 Å². The number of piperidine rings is 1. The number of amides is 2. The summed E-state index contributed by atoms with van der Waals surface area (Å²) in [5.74, 6) is -0.446. The van der Waals surface area contributed by atoms with Gasteiger partial charge in [0.25, 0.3) is 5.91 Å². The highest BCUT2D eigenvalue weighted by molar-refractivity contribution is 6.01. The maximum absolute atomic E-state index is 12.9. The predicted molar refractivity (Wildman–Crippen MR) is 126 cm³/mol. The number of benzene rings is 1. The summed E-state index contributed by atoms with van der Waals surface area (Å²) in [5.41, 5.74) is 3.21. The number of para-hydroxylation sites is 1. The molecule has 3 N–H and O–H groups in total. The van der Waals surface area contributed by atoms with Crippen LogP contribution in [0.2, 0.25) is 0 Å². The summed E-state index contributed by atoms with van der Waals surface area (Å²) in [6.07, 6.45) is 6.78. The van der Waals surface area contributed by atoms with Crippen LogP contribution in [0, 0.1) is 0 Å². The van der Waals surface area contributed by atoms with Crippen molar-refractivity contribution in [1.82, 2.24) is 15.2 Å². The highest BCUT2D eigenvalue weighted by atomic mass is 16.2. The molecule has 0 radical (unpaired) electrons. The first kappa shape index (κ1) is 22.2. The normalized spacial score (nSPS) is 14.9. The number of nitrogens with one attached hydrogen (secondary N) is 3. The molecule has 1 fully saturated rings. The number of anilines is 2. The molecule has 7 nitrogen and oxygen atoms in total. The summed E-state index contributed by atoms with van der Waals surface area (Å²) in [7, 11) is 3.87. The summed E-state index contributed by atoms with van der Waals surface area (Å²) >= 11 is 0. The summed E-state index contributed by atoms with van der Waals surface area (Å²) in [6, 6.07) is 11.3. The van der Waals surface area contributed by atoms with Crippen molar-refractivity contribution in [2.45, 2.75) is 18.9 Å². The van der Waals surface area contributed by atoms with E-state index in [4.69, 9.17) is 0 Å². The van der Waals surface area contributed by atoms with Gasteiger partial charge in [0.2, 0.25) is 5.91 Å². The Bertz CT molecular complexity index is 978. The second-order valence-electron chi connectivity index (χ2n) is 7.55. The lowest BCUT2D eigenvalue weighted by atomic mass is 10.1. The van der Waals surface area contributed by atoms with Gasteiger partial charge in [-0.1, -0.05) is 30.9 Å². The number of likely N-dealkylation sites (tertiary alicyclic amines) is 1. The van der Waals surface area contributed by atoms with Crippen LogP contribution >= 0.6 is 0 Å². The molecule has 1 aliphatic heterocycles. The van der Waals surface area contributed by atoms with Gasteiger partial charge in [-0.25, -0.2) is 4.98 Å². The molecule has 31 heavy (non-hydrogen) atoms. The molecule has 0 aliphatic carbocycles. The fourth-order valence-corrected chi connectivity index (χ4v) is 3.46. The smallest absolute Gasteiger partial charge is 0.272 e. The average molecular weight is 420 g/mol. The van der Waals surface area contributed by atoms with E-state index in [1.54, 1.807) is 7.05 Å². The summed E-state index contributed by atoms with van der Waals surface area (Å²) < 4.78 is 0. The third-order valence-corrected chi connectivity index (χ3v) is 5.29. The number of carbonyl (C=O) groups is 2. The van der Waals surface area contributed by atoms with Crippen molar-refractivity contribution in [3.8, 4) is 0 Å². The molecule has 0 bridgehead atoms. The number of hydrogen-bond donors (Lipinski definition) is 3. The molecule has 1 saturated heterocycles. The largest absolute Gasteiger partial charge is 0.386 e. The van der Waals surface area contributed by atoms with Crippen LogP contribution in [-0.4, -0.2) is 54.9 Å². The van der Waals surface area contributed by atoms with Crippen molar-refractivity contribution < 1.29 is 9.59 Å². The van der Waals surface area contributed by atoms with Crippen molar-refractivity contribution in [2.75, 3.05) is 37.8 Å². The molecule has 0 spiro atoms. The molecule has 0 atom stereocenters. The quantitative estimate of drug-likeness (QED) is 0.600. The molecule has 162 valence electrons. The standard InChI is InChI=1S/C24H29N5O2/c1-4-22(30)28-20-8-6-5-7-17(20)9-10-18-11-12-21(25-2)23(26-18)24(31)27-19-13-15-29(3)16-14-19/h4-12,19,25H,1,13-16H2,2-3H3,(H,27,31)(H,28,30)/b10-9+. The predicted octanol–water partition coefficient (Wildman–Crippen LogP) is 3.24. The van der Waals surface area contributed by atoms with Crippen LogP contribution in [0.4, 0.5) is 11.4 Å². The Morgan fingerprint density at radius 3 is 2.55 bits per heavy atom. The van der Waals surface area contributed by atoms with Gasteiger partial charge in [-0.05, 0) is 68.9 Å². The molecule has 1 aromatic heterocycles. The van der Waals surface area contributed by atoms with Gasteiger partial charge in [-0.15, -0.1) is 0 Å². The van der Waals surface area contributed by atoms with Crippen molar-refractivity contribution in [3.05, 3.63) is 66.0 Å². The Labute approximate surface area is 183 Å². The fraction of sp³-hybridized carbons (Fsp3) is 0.292. The van der Waals surface area contributed by atoms with Gasteiger partial charge in [0.1, 0.15) is 0 Å². The van der Waals surface area contributed by atoms with E-state index in [0.717, 1.165) is 31.5 Å². The number of nitrogens with zero attached hydrogens (tertiary/aromatic N) is 2. The highest BCUT2D eigenvalue weighted by Gasteiger charge is 2.21. The third kappa shape index (κ3) is 6.02. The lowest BCUT2D eigenvalue weighted by Gasteiger charge is -2.29. The Kier molecular flexibility index (Phi) is 7.56. The summed E-state index contributed by atoms with van der Waals surface area (Å²) in [5, 5.41) is 8.95. The maximum atomic E-state index is 12.9. The van der Waals surface area contributed by atoms with E-state index >= 15 is 0 Å². The summed E-state index contributed by atoms with van der Waals surface area (Å²) in [6.45, 7) is 5.43. The van der Waals surface area contributed by atoms with Gasteiger partial charge >= 0.3 is 0 Å². The minimum absolute atomic E-state index is 0.162. The Morgan fingerprint density at radius 1 is 1.10 bits per heavy atom. The molecule has 3 rings (SSSR count). The van der Waals surface area contributed by atoms with Crippen LogP contribution in [0.1, 0.15) is 34.6 Å². The highest BCUT2D eigenvalue weighted by Crippen LogP contribution is 2.20. The molecule has 2 amide bonds. The van der Waals surface area contributed by atoms with Crippen molar-refractivity contribution in [1.29, 1.82) is 0 Å². The lowest BCUT2D eigenvalue weighted by molar-refractivity contribution is -0.111. The Hall–Kier alpha value is -3.45. The van der Waals surface area contributed by atoms with Crippen LogP contribution in [0.5, 0.6) is 0 Å². The van der Waals surface area contributed by atoms with Gasteiger partial charge < -0.3 is 20.9 Å².